The van der Waals surface area contributed by atoms with Crippen molar-refractivity contribution >= 4 is 15.8 Å². The number of benzene rings is 1. The normalized spacial score (nSPS) is 22.4. The van der Waals surface area contributed by atoms with Crippen molar-refractivity contribution in [2.45, 2.75) is 38.5 Å². The van der Waals surface area contributed by atoms with Crippen LogP contribution in [0.15, 0.2) is 35.3 Å². The Labute approximate surface area is 188 Å². The van der Waals surface area contributed by atoms with Crippen LogP contribution >= 0.6 is 0 Å². The predicted octanol–water partition coefficient (Wildman–Crippen LogP) is 1.67. The molecule has 7 nitrogen and oxygen atoms in total. The van der Waals surface area contributed by atoms with Gasteiger partial charge in [0.05, 0.1) is 10.5 Å². The molecule has 0 radical (unpaired) electrons. The van der Waals surface area contributed by atoms with Crippen molar-refractivity contribution in [2.24, 2.45) is 4.99 Å². The van der Waals surface area contributed by atoms with Gasteiger partial charge < -0.3 is 15.1 Å². The van der Waals surface area contributed by atoms with Gasteiger partial charge in [0.15, 0.2) is 15.8 Å². The van der Waals surface area contributed by atoms with Crippen LogP contribution in [0.25, 0.3) is 0 Å². The molecule has 1 aromatic rings. The molecule has 2 fully saturated rings. The number of hydrogen-bond acceptors (Lipinski definition) is 5. The number of piperazine rings is 1. The fraction of sp³-hybridized carbons (Fsp3) is 0.696. The Morgan fingerprint density at radius 2 is 1.74 bits per heavy atom. The molecule has 0 bridgehead atoms. The Kier molecular flexibility index (Phi) is 8.36. The first kappa shape index (κ1) is 24.0. The minimum Gasteiger partial charge on any atom is -0.357 e. The number of nitrogens with one attached hydrogen (secondary N) is 1. The fourth-order valence-electron chi connectivity index (χ4n) is 4.24. The van der Waals surface area contributed by atoms with Crippen LogP contribution in [0.5, 0.6) is 0 Å². The Morgan fingerprint density at radius 1 is 1.06 bits per heavy atom. The summed E-state index contributed by atoms with van der Waals surface area (Å²) in [6.45, 7) is 14.8. The number of rotatable bonds is 7. The van der Waals surface area contributed by atoms with E-state index in [1.807, 2.05) is 13.8 Å². The number of guanidine groups is 1. The van der Waals surface area contributed by atoms with E-state index in [9.17, 15) is 8.42 Å². The number of nitrogens with zero attached hydrogens (tertiary/aromatic N) is 4. The Balaban J connectivity index is 1.42. The largest absolute Gasteiger partial charge is 0.357 e. The first-order valence-electron chi connectivity index (χ1n) is 11.5. The Morgan fingerprint density at radius 3 is 2.39 bits per heavy atom. The van der Waals surface area contributed by atoms with Gasteiger partial charge in [-0.2, -0.15) is 0 Å². The molecule has 0 unspecified atom stereocenters. The first-order chi connectivity index (χ1) is 14.8. The van der Waals surface area contributed by atoms with Gasteiger partial charge in [0.2, 0.25) is 0 Å². The molecule has 0 atom stereocenters. The molecule has 2 saturated heterocycles. The summed E-state index contributed by atoms with van der Waals surface area (Å²) in [4.78, 5) is 12.0. The van der Waals surface area contributed by atoms with Crippen LogP contribution in [0.4, 0.5) is 0 Å². The summed E-state index contributed by atoms with van der Waals surface area (Å²) in [6.07, 6.45) is 1.02. The van der Waals surface area contributed by atoms with Crippen LogP contribution in [0.2, 0.25) is 0 Å². The highest BCUT2D eigenvalue weighted by Crippen LogP contribution is 2.23. The molecule has 8 heteroatoms. The van der Waals surface area contributed by atoms with E-state index >= 15 is 0 Å². The van der Waals surface area contributed by atoms with Gasteiger partial charge in [-0.3, -0.25) is 9.89 Å². The van der Waals surface area contributed by atoms with E-state index in [-0.39, 0.29) is 5.75 Å². The van der Waals surface area contributed by atoms with Crippen molar-refractivity contribution in [1.29, 1.82) is 0 Å². The van der Waals surface area contributed by atoms with Crippen molar-refractivity contribution in [3.05, 3.63) is 35.9 Å². The van der Waals surface area contributed by atoms with E-state index < -0.39 is 14.6 Å². The third-order valence-corrected chi connectivity index (χ3v) is 8.82. The summed E-state index contributed by atoms with van der Waals surface area (Å²) in [5.41, 5.74) is 1.38. The summed E-state index contributed by atoms with van der Waals surface area (Å²) >= 11 is 0. The average molecular weight is 450 g/mol. The zero-order chi connectivity index (χ0) is 22.3. The minimum atomic E-state index is -3.04. The number of aliphatic imine (C=N–C) groups is 1. The molecular formula is C23H39N5O2S. The lowest BCUT2D eigenvalue weighted by atomic mass is 10.2. The molecule has 0 spiro atoms. The van der Waals surface area contributed by atoms with Crippen molar-refractivity contribution in [3.63, 3.8) is 0 Å². The van der Waals surface area contributed by atoms with Gasteiger partial charge in [-0.15, -0.1) is 0 Å². The standard InChI is InChI=1S/C23H39N5O2S/c1-4-24-22(28-17-18-31(29,30)23(2,3)20-28)25-11-8-12-26-13-15-27(16-14-26)19-21-9-6-5-7-10-21/h5-7,9-10H,4,8,11-20H2,1-3H3,(H,24,25). The van der Waals surface area contributed by atoms with Crippen molar-refractivity contribution < 1.29 is 8.42 Å². The van der Waals surface area contributed by atoms with Crippen LogP contribution in [0.1, 0.15) is 32.8 Å². The lowest BCUT2D eigenvalue weighted by Gasteiger charge is -2.39. The van der Waals surface area contributed by atoms with Crippen molar-refractivity contribution in [3.8, 4) is 0 Å². The molecular weight excluding hydrogens is 410 g/mol. The lowest BCUT2D eigenvalue weighted by Crippen LogP contribution is -2.57. The maximum atomic E-state index is 12.3. The third-order valence-electron chi connectivity index (χ3n) is 6.29. The third kappa shape index (κ3) is 6.67. The molecule has 0 aliphatic carbocycles. The highest BCUT2D eigenvalue weighted by atomic mass is 32.2. The van der Waals surface area contributed by atoms with Gasteiger partial charge in [0.25, 0.3) is 0 Å². The van der Waals surface area contributed by atoms with Crippen molar-refractivity contribution in [2.75, 3.05) is 64.7 Å². The van der Waals surface area contributed by atoms with Crippen LogP contribution < -0.4 is 5.32 Å². The maximum absolute atomic E-state index is 12.3. The van der Waals surface area contributed by atoms with E-state index in [1.165, 1.54) is 5.56 Å². The zero-order valence-electron chi connectivity index (χ0n) is 19.4. The van der Waals surface area contributed by atoms with Gasteiger partial charge in [0, 0.05) is 65.4 Å². The van der Waals surface area contributed by atoms with E-state index in [1.54, 1.807) is 0 Å². The minimum absolute atomic E-state index is 0.192. The maximum Gasteiger partial charge on any atom is 0.193 e. The van der Waals surface area contributed by atoms with Gasteiger partial charge in [-0.25, -0.2) is 8.42 Å². The second-order valence-electron chi connectivity index (χ2n) is 9.19. The smallest absolute Gasteiger partial charge is 0.193 e. The van der Waals surface area contributed by atoms with E-state index in [2.05, 4.69) is 57.3 Å². The molecule has 2 heterocycles. The van der Waals surface area contributed by atoms with E-state index in [4.69, 9.17) is 4.99 Å². The summed E-state index contributed by atoms with van der Waals surface area (Å²) in [5.74, 6) is 1.04. The monoisotopic (exact) mass is 449 g/mol. The number of hydrogen-bond donors (Lipinski definition) is 1. The second-order valence-corrected chi connectivity index (χ2v) is 11.9. The van der Waals surface area contributed by atoms with E-state index in [0.29, 0.717) is 13.1 Å². The quantitative estimate of drug-likeness (QED) is 0.388. The van der Waals surface area contributed by atoms with Crippen LogP contribution in [0, 0.1) is 0 Å². The van der Waals surface area contributed by atoms with E-state index in [0.717, 1.165) is 64.7 Å². The molecule has 174 valence electrons. The molecule has 2 aliphatic heterocycles. The number of sulfone groups is 1. The fourth-order valence-corrected chi connectivity index (χ4v) is 5.61. The average Bonchev–Trinajstić information content (AvgIpc) is 2.74. The van der Waals surface area contributed by atoms with Crippen molar-refractivity contribution in [1.82, 2.24) is 20.0 Å². The van der Waals surface area contributed by atoms with Gasteiger partial charge in [0.1, 0.15) is 0 Å². The molecule has 1 N–H and O–H groups in total. The van der Waals surface area contributed by atoms with Gasteiger partial charge >= 0.3 is 0 Å². The summed E-state index contributed by atoms with van der Waals surface area (Å²) in [6, 6.07) is 10.7. The molecule has 0 aromatic heterocycles. The topological polar surface area (TPSA) is 68.2 Å². The Bertz CT molecular complexity index is 818. The van der Waals surface area contributed by atoms with Gasteiger partial charge in [-0.1, -0.05) is 30.3 Å². The predicted molar refractivity (Wildman–Crippen MR) is 128 cm³/mol. The summed E-state index contributed by atoms with van der Waals surface area (Å²) in [5, 5.41) is 3.35. The van der Waals surface area contributed by atoms with Crippen LogP contribution in [0.3, 0.4) is 0 Å². The summed E-state index contributed by atoms with van der Waals surface area (Å²) in [7, 11) is -3.04. The Hall–Kier alpha value is -1.64. The van der Waals surface area contributed by atoms with Crippen LogP contribution in [-0.4, -0.2) is 98.5 Å². The molecule has 3 rings (SSSR count). The molecule has 0 amide bonds. The zero-order valence-corrected chi connectivity index (χ0v) is 20.2. The SMILES string of the molecule is CCNC(=NCCCN1CCN(Cc2ccccc2)CC1)N1CCS(=O)(=O)C(C)(C)C1. The van der Waals surface area contributed by atoms with Gasteiger partial charge in [-0.05, 0) is 32.8 Å². The second kappa shape index (κ2) is 10.8. The first-order valence-corrected chi connectivity index (χ1v) is 13.2. The molecule has 0 saturated carbocycles. The summed E-state index contributed by atoms with van der Waals surface area (Å²) < 4.78 is 23.9. The lowest BCUT2D eigenvalue weighted by molar-refractivity contribution is 0.127. The molecule has 31 heavy (non-hydrogen) atoms. The highest BCUT2D eigenvalue weighted by Gasteiger charge is 2.40. The molecule has 1 aromatic carbocycles. The van der Waals surface area contributed by atoms with Crippen LogP contribution in [-0.2, 0) is 16.4 Å². The molecule has 2 aliphatic rings. The highest BCUT2D eigenvalue weighted by molar-refractivity contribution is 7.92.